The first-order valence-electron chi connectivity index (χ1n) is 12.3. The monoisotopic (exact) mass is 497 g/mol. The molecule has 0 unspecified atom stereocenters. The van der Waals surface area contributed by atoms with E-state index in [9.17, 15) is 19.1 Å². The molecule has 7 heteroatoms. The van der Waals surface area contributed by atoms with E-state index in [4.69, 9.17) is 0 Å². The van der Waals surface area contributed by atoms with Crippen LogP contribution in [0.1, 0.15) is 39.1 Å². The second kappa shape index (κ2) is 10.1. The molecule has 1 atom stereocenters. The highest BCUT2D eigenvalue weighted by atomic mass is 19.1. The molecular weight excluding hydrogens is 469 g/mol. The molecule has 2 N–H and O–H groups in total. The van der Waals surface area contributed by atoms with Gasteiger partial charge in [0.05, 0.1) is 16.6 Å². The Balaban J connectivity index is 1.72. The lowest BCUT2D eigenvalue weighted by Crippen LogP contribution is -2.38. The van der Waals surface area contributed by atoms with Gasteiger partial charge in [-0.25, -0.2) is 9.18 Å². The Labute approximate surface area is 214 Å². The van der Waals surface area contributed by atoms with Crippen molar-refractivity contribution in [2.75, 3.05) is 20.1 Å². The normalized spacial score (nSPS) is 15.2. The number of carboxylic acid groups (broad SMARTS) is 1. The van der Waals surface area contributed by atoms with Gasteiger partial charge in [0.1, 0.15) is 5.82 Å². The van der Waals surface area contributed by atoms with Crippen molar-refractivity contribution in [1.82, 2.24) is 15.2 Å². The first kappa shape index (κ1) is 24.6. The number of likely N-dealkylation sites (N-methyl/N-ethyl adjacent to an activating group) is 1. The van der Waals surface area contributed by atoms with Crippen molar-refractivity contribution in [2.24, 2.45) is 0 Å². The first-order valence-corrected chi connectivity index (χ1v) is 12.3. The maximum atomic E-state index is 14.4. The third kappa shape index (κ3) is 4.95. The van der Waals surface area contributed by atoms with Gasteiger partial charge in [-0.05, 0) is 78.9 Å². The maximum absolute atomic E-state index is 14.4. The van der Waals surface area contributed by atoms with E-state index >= 15 is 0 Å². The van der Waals surface area contributed by atoms with Crippen LogP contribution in [-0.4, -0.2) is 53.0 Å². The predicted octanol–water partition coefficient (Wildman–Crippen LogP) is 5.54. The van der Waals surface area contributed by atoms with Crippen LogP contribution in [0.4, 0.5) is 4.39 Å². The zero-order chi connectivity index (χ0) is 26.1. The van der Waals surface area contributed by atoms with Crippen LogP contribution in [0.25, 0.3) is 33.2 Å². The number of aromatic nitrogens is 1. The van der Waals surface area contributed by atoms with Crippen molar-refractivity contribution >= 4 is 22.8 Å². The Hall–Kier alpha value is -4.10. The van der Waals surface area contributed by atoms with E-state index in [1.807, 2.05) is 18.2 Å². The van der Waals surface area contributed by atoms with Crippen LogP contribution in [0.3, 0.4) is 0 Å². The zero-order valence-electron chi connectivity index (χ0n) is 20.8. The summed E-state index contributed by atoms with van der Waals surface area (Å²) in [5.74, 6) is -1.61. The summed E-state index contributed by atoms with van der Waals surface area (Å²) in [6, 6.07) is 17.1. The Morgan fingerprint density at radius 2 is 1.89 bits per heavy atom. The minimum atomic E-state index is -1.03. The van der Waals surface area contributed by atoms with E-state index in [0.29, 0.717) is 45.3 Å². The number of rotatable bonds is 6. The first-order chi connectivity index (χ1) is 17.8. The van der Waals surface area contributed by atoms with Crippen molar-refractivity contribution in [3.63, 3.8) is 0 Å². The Kier molecular flexibility index (Phi) is 6.72. The molecule has 1 aromatic heterocycles. The van der Waals surface area contributed by atoms with Crippen LogP contribution in [0, 0.1) is 12.7 Å². The van der Waals surface area contributed by atoms with Gasteiger partial charge in [0, 0.05) is 36.8 Å². The third-order valence-electron chi connectivity index (χ3n) is 6.91. The number of carbonyl (C=O) groups excluding carboxylic acids is 1. The average molecular weight is 498 g/mol. The summed E-state index contributed by atoms with van der Waals surface area (Å²) in [6.45, 7) is 3.29. The van der Waals surface area contributed by atoms with E-state index in [1.165, 1.54) is 12.1 Å². The summed E-state index contributed by atoms with van der Waals surface area (Å²) in [6.07, 6.45) is 3.70. The predicted molar refractivity (Wildman–Crippen MR) is 142 cm³/mol. The SMILES string of the molecule is Cc1cc(F)cc(-c2cnc3ccc(-c4ccccc4C(=O)O)cc3c2C(=O)N(C)C[C@@H]2CCCN2)c1. The van der Waals surface area contributed by atoms with Gasteiger partial charge in [0.25, 0.3) is 5.91 Å². The minimum absolute atomic E-state index is 0.170. The van der Waals surface area contributed by atoms with E-state index in [1.54, 1.807) is 55.4 Å². The van der Waals surface area contributed by atoms with Crippen molar-refractivity contribution in [3.8, 4) is 22.3 Å². The number of nitrogens with zero attached hydrogens (tertiary/aromatic N) is 2. The second-order valence-corrected chi connectivity index (χ2v) is 9.63. The molecule has 2 heterocycles. The van der Waals surface area contributed by atoms with Gasteiger partial charge in [0.2, 0.25) is 0 Å². The highest BCUT2D eigenvalue weighted by molar-refractivity contribution is 6.12. The highest BCUT2D eigenvalue weighted by Gasteiger charge is 2.25. The Bertz CT molecular complexity index is 1490. The molecule has 0 bridgehead atoms. The van der Waals surface area contributed by atoms with E-state index in [-0.39, 0.29) is 23.3 Å². The smallest absolute Gasteiger partial charge is 0.336 e. The molecule has 1 saturated heterocycles. The maximum Gasteiger partial charge on any atom is 0.336 e. The fourth-order valence-electron chi connectivity index (χ4n) is 5.14. The number of hydrogen-bond donors (Lipinski definition) is 2. The zero-order valence-corrected chi connectivity index (χ0v) is 20.8. The van der Waals surface area contributed by atoms with Crippen molar-refractivity contribution < 1.29 is 19.1 Å². The molecule has 5 rings (SSSR count). The fraction of sp³-hybridized carbons (Fsp3) is 0.233. The van der Waals surface area contributed by atoms with Gasteiger partial charge in [-0.3, -0.25) is 9.78 Å². The molecular formula is C30H28FN3O3. The molecule has 37 heavy (non-hydrogen) atoms. The van der Waals surface area contributed by atoms with Gasteiger partial charge in [-0.2, -0.15) is 0 Å². The van der Waals surface area contributed by atoms with E-state index in [0.717, 1.165) is 24.9 Å². The topological polar surface area (TPSA) is 82.5 Å². The second-order valence-electron chi connectivity index (χ2n) is 9.63. The van der Waals surface area contributed by atoms with Crippen LogP contribution >= 0.6 is 0 Å². The van der Waals surface area contributed by atoms with Crippen LogP contribution in [0.2, 0.25) is 0 Å². The Morgan fingerprint density at radius 1 is 1.08 bits per heavy atom. The fourth-order valence-corrected chi connectivity index (χ4v) is 5.14. The molecule has 3 aromatic carbocycles. The summed E-state index contributed by atoms with van der Waals surface area (Å²) in [5, 5.41) is 13.7. The number of hydrogen-bond acceptors (Lipinski definition) is 4. The standard InChI is InChI=1S/C30H28FN3O3/c1-18-12-20(14-21(31)13-18)26-16-33-27-10-9-19(23-7-3-4-8-24(23)30(36)37)15-25(27)28(26)29(35)34(2)17-22-6-5-11-32-22/h3-4,7-10,12-16,22,32H,5-6,11,17H2,1-2H3,(H,36,37)/t22-/m0/s1. The molecule has 188 valence electrons. The summed E-state index contributed by atoms with van der Waals surface area (Å²) < 4.78 is 14.4. The van der Waals surface area contributed by atoms with Crippen molar-refractivity contribution in [2.45, 2.75) is 25.8 Å². The number of aryl methyl sites for hydroxylation is 1. The molecule has 1 fully saturated rings. The lowest BCUT2D eigenvalue weighted by atomic mass is 9.92. The third-order valence-corrected chi connectivity index (χ3v) is 6.91. The molecule has 6 nitrogen and oxygen atoms in total. The van der Waals surface area contributed by atoms with Gasteiger partial charge < -0.3 is 15.3 Å². The number of nitrogens with one attached hydrogen (secondary N) is 1. The number of benzene rings is 3. The quantitative estimate of drug-likeness (QED) is 0.366. The van der Waals surface area contributed by atoms with Gasteiger partial charge in [0.15, 0.2) is 0 Å². The number of pyridine rings is 1. The molecule has 0 saturated carbocycles. The molecule has 1 amide bonds. The van der Waals surface area contributed by atoms with Crippen molar-refractivity contribution in [1.29, 1.82) is 0 Å². The van der Waals surface area contributed by atoms with Crippen LogP contribution < -0.4 is 5.32 Å². The van der Waals surface area contributed by atoms with Gasteiger partial charge in [-0.15, -0.1) is 0 Å². The number of fused-ring (bicyclic) bond motifs is 1. The number of amides is 1. The number of carboxylic acids is 1. The largest absolute Gasteiger partial charge is 0.478 e. The number of carbonyl (C=O) groups is 2. The number of aromatic carboxylic acids is 1. The highest BCUT2D eigenvalue weighted by Crippen LogP contribution is 2.34. The minimum Gasteiger partial charge on any atom is -0.478 e. The molecule has 0 spiro atoms. The summed E-state index contributed by atoms with van der Waals surface area (Å²) in [7, 11) is 1.78. The van der Waals surface area contributed by atoms with E-state index in [2.05, 4.69) is 10.3 Å². The lowest BCUT2D eigenvalue weighted by Gasteiger charge is -2.24. The molecule has 1 aliphatic rings. The van der Waals surface area contributed by atoms with E-state index < -0.39 is 5.97 Å². The number of halogens is 1. The average Bonchev–Trinajstić information content (AvgIpc) is 3.39. The molecule has 0 radical (unpaired) electrons. The lowest BCUT2D eigenvalue weighted by molar-refractivity contribution is 0.0697. The summed E-state index contributed by atoms with van der Waals surface area (Å²) in [5.41, 5.74) is 4.24. The molecule has 0 aliphatic carbocycles. The summed E-state index contributed by atoms with van der Waals surface area (Å²) in [4.78, 5) is 32.2. The molecule has 1 aliphatic heterocycles. The van der Waals surface area contributed by atoms with Gasteiger partial charge >= 0.3 is 5.97 Å². The van der Waals surface area contributed by atoms with Crippen LogP contribution in [-0.2, 0) is 0 Å². The Morgan fingerprint density at radius 3 is 2.62 bits per heavy atom. The van der Waals surface area contributed by atoms with Crippen LogP contribution in [0.5, 0.6) is 0 Å². The van der Waals surface area contributed by atoms with Gasteiger partial charge in [-0.1, -0.05) is 30.3 Å². The van der Waals surface area contributed by atoms with Crippen molar-refractivity contribution in [3.05, 3.63) is 89.4 Å². The summed E-state index contributed by atoms with van der Waals surface area (Å²) >= 11 is 0. The molecule has 4 aromatic rings. The van der Waals surface area contributed by atoms with Crippen LogP contribution in [0.15, 0.2) is 66.9 Å².